The van der Waals surface area contributed by atoms with Crippen LogP contribution in [0.4, 0.5) is 0 Å². The molecule has 7 heteroatoms. The molecule has 0 aliphatic heterocycles. The number of nitrogens with zero attached hydrogens (tertiary/aromatic N) is 2. The second-order valence-electron chi connectivity index (χ2n) is 7.63. The van der Waals surface area contributed by atoms with Crippen LogP contribution in [0.25, 0.3) is 5.69 Å². The van der Waals surface area contributed by atoms with Gasteiger partial charge in [0.1, 0.15) is 0 Å². The second-order valence-corrected chi connectivity index (χ2v) is 8.58. The summed E-state index contributed by atoms with van der Waals surface area (Å²) in [5.41, 5.74) is 3.42. The van der Waals surface area contributed by atoms with Crippen LogP contribution >= 0.6 is 11.8 Å². The van der Waals surface area contributed by atoms with Crippen LogP contribution in [0, 0.1) is 19.8 Å². The first-order chi connectivity index (χ1) is 14.0. The van der Waals surface area contributed by atoms with Gasteiger partial charge in [-0.25, -0.2) is 4.98 Å². The molecule has 0 unspecified atom stereocenters. The van der Waals surface area contributed by atoms with Crippen LogP contribution in [0.3, 0.4) is 0 Å². The molecule has 1 fully saturated rings. The van der Waals surface area contributed by atoms with Gasteiger partial charge < -0.3 is 10.6 Å². The SMILES string of the molecule is Cc1ccc(C)c(-n2ccnc2SCC(=O)NCCNC(=O)C2CCCCC2)c1. The monoisotopic (exact) mass is 414 g/mol. The van der Waals surface area contributed by atoms with Gasteiger partial charge in [-0.15, -0.1) is 0 Å². The van der Waals surface area contributed by atoms with E-state index in [0.717, 1.165) is 42.1 Å². The topological polar surface area (TPSA) is 76.0 Å². The number of thioether (sulfide) groups is 1. The van der Waals surface area contributed by atoms with Crippen LogP contribution in [0.5, 0.6) is 0 Å². The van der Waals surface area contributed by atoms with Crippen LogP contribution < -0.4 is 10.6 Å². The maximum atomic E-state index is 12.2. The van der Waals surface area contributed by atoms with E-state index < -0.39 is 0 Å². The molecular weight excluding hydrogens is 384 g/mol. The Morgan fingerprint density at radius 2 is 1.90 bits per heavy atom. The number of nitrogens with one attached hydrogen (secondary N) is 2. The zero-order valence-electron chi connectivity index (χ0n) is 17.2. The quantitative estimate of drug-likeness (QED) is 0.513. The van der Waals surface area contributed by atoms with E-state index in [0.29, 0.717) is 18.8 Å². The summed E-state index contributed by atoms with van der Waals surface area (Å²) in [6.07, 6.45) is 9.17. The fraction of sp³-hybridized carbons (Fsp3) is 0.500. The summed E-state index contributed by atoms with van der Waals surface area (Å²) < 4.78 is 2.02. The molecule has 1 heterocycles. The Bertz CT molecular complexity index is 843. The van der Waals surface area contributed by atoms with Crippen molar-refractivity contribution in [2.45, 2.75) is 51.1 Å². The highest BCUT2D eigenvalue weighted by atomic mass is 32.2. The lowest BCUT2D eigenvalue weighted by atomic mass is 9.89. The lowest BCUT2D eigenvalue weighted by Gasteiger charge is -2.20. The van der Waals surface area contributed by atoms with Crippen molar-refractivity contribution in [2.75, 3.05) is 18.8 Å². The Balaban J connectivity index is 1.42. The van der Waals surface area contributed by atoms with Gasteiger partial charge in [0, 0.05) is 31.4 Å². The highest BCUT2D eigenvalue weighted by Gasteiger charge is 2.20. The third-order valence-corrected chi connectivity index (χ3v) is 6.25. The number of amides is 2. The first kappa shape index (κ1) is 21.4. The molecule has 1 aliphatic carbocycles. The first-order valence-corrected chi connectivity index (χ1v) is 11.3. The van der Waals surface area contributed by atoms with Crippen molar-refractivity contribution in [3.05, 3.63) is 41.7 Å². The molecule has 1 aromatic carbocycles. The largest absolute Gasteiger partial charge is 0.354 e. The minimum atomic E-state index is -0.0579. The van der Waals surface area contributed by atoms with E-state index in [4.69, 9.17) is 0 Å². The van der Waals surface area contributed by atoms with Crippen LogP contribution in [-0.2, 0) is 9.59 Å². The third kappa shape index (κ3) is 6.10. The molecule has 2 N–H and O–H groups in total. The van der Waals surface area contributed by atoms with Crippen molar-refractivity contribution in [1.82, 2.24) is 20.2 Å². The Morgan fingerprint density at radius 1 is 1.14 bits per heavy atom. The summed E-state index contributed by atoms with van der Waals surface area (Å²) in [6.45, 7) is 5.05. The number of carbonyl (C=O) groups excluding carboxylic acids is 2. The van der Waals surface area contributed by atoms with Gasteiger partial charge in [0.05, 0.1) is 11.4 Å². The van der Waals surface area contributed by atoms with Gasteiger partial charge in [0.25, 0.3) is 0 Å². The highest BCUT2D eigenvalue weighted by Crippen LogP contribution is 2.24. The molecule has 0 bridgehead atoms. The molecule has 2 amide bonds. The van der Waals surface area contributed by atoms with Gasteiger partial charge in [0.2, 0.25) is 11.8 Å². The molecule has 0 spiro atoms. The molecule has 1 aliphatic rings. The molecule has 3 rings (SSSR count). The number of aryl methyl sites for hydroxylation is 2. The number of aromatic nitrogens is 2. The van der Waals surface area contributed by atoms with Crippen molar-refractivity contribution in [3.63, 3.8) is 0 Å². The predicted molar refractivity (Wildman–Crippen MR) is 116 cm³/mol. The molecule has 6 nitrogen and oxygen atoms in total. The molecule has 1 aromatic heterocycles. The van der Waals surface area contributed by atoms with E-state index in [1.54, 1.807) is 6.20 Å². The zero-order valence-corrected chi connectivity index (χ0v) is 18.1. The number of hydrogen-bond acceptors (Lipinski definition) is 4. The minimum Gasteiger partial charge on any atom is -0.354 e. The van der Waals surface area contributed by atoms with Gasteiger partial charge in [0.15, 0.2) is 5.16 Å². The Labute approximate surface area is 176 Å². The Hall–Kier alpha value is -2.28. The second kappa shape index (κ2) is 10.5. The van der Waals surface area contributed by atoms with Crippen molar-refractivity contribution >= 4 is 23.6 Å². The molecule has 0 atom stereocenters. The van der Waals surface area contributed by atoms with Crippen LogP contribution in [0.1, 0.15) is 43.2 Å². The van der Waals surface area contributed by atoms with Crippen molar-refractivity contribution < 1.29 is 9.59 Å². The molecule has 0 saturated heterocycles. The molecular formula is C22H30N4O2S. The number of imidazole rings is 1. The first-order valence-electron chi connectivity index (χ1n) is 10.3. The van der Waals surface area contributed by atoms with E-state index in [1.165, 1.54) is 23.7 Å². The minimum absolute atomic E-state index is 0.0579. The average Bonchev–Trinajstić information content (AvgIpc) is 3.20. The lowest BCUT2D eigenvalue weighted by molar-refractivity contribution is -0.126. The van der Waals surface area contributed by atoms with Crippen molar-refractivity contribution in [2.24, 2.45) is 5.92 Å². The molecule has 29 heavy (non-hydrogen) atoms. The fourth-order valence-corrected chi connectivity index (χ4v) is 4.43. The average molecular weight is 415 g/mol. The smallest absolute Gasteiger partial charge is 0.230 e. The van der Waals surface area contributed by atoms with Crippen molar-refractivity contribution in [3.8, 4) is 5.69 Å². The van der Waals surface area contributed by atoms with E-state index in [2.05, 4.69) is 47.7 Å². The Kier molecular flexibility index (Phi) is 7.75. The van der Waals surface area contributed by atoms with Crippen molar-refractivity contribution in [1.29, 1.82) is 0 Å². The summed E-state index contributed by atoms with van der Waals surface area (Å²) >= 11 is 1.41. The van der Waals surface area contributed by atoms with E-state index in [9.17, 15) is 9.59 Å². The summed E-state index contributed by atoms with van der Waals surface area (Å²) in [6, 6.07) is 6.30. The summed E-state index contributed by atoms with van der Waals surface area (Å²) in [7, 11) is 0. The van der Waals surface area contributed by atoms with Crippen LogP contribution in [0.15, 0.2) is 35.7 Å². The standard InChI is InChI=1S/C22H30N4O2S/c1-16-8-9-17(2)19(14-16)26-13-12-25-22(26)29-15-20(27)23-10-11-24-21(28)18-6-4-3-5-7-18/h8-9,12-14,18H,3-7,10-11,15H2,1-2H3,(H,23,27)(H,24,28). The summed E-state index contributed by atoms with van der Waals surface area (Å²) in [4.78, 5) is 28.7. The summed E-state index contributed by atoms with van der Waals surface area (Å²) in [5.74, 6) is 0.513. The van der Waals surface area contributed by atoms with E-state index in [1.807, 2.05) is 10.8 Å². The normalized spacial score (nSPS) is 14.6. The number of benzene rings is 1. The number of rotatable bonds is 8. The highest BCUT2D eigenvalue weighted by molar-refractivity contribution is 7.99. The van der Waals surface area contributed by atoms with Gasteiger partial charge in [-0.2, -0.15) is 0 Å². The lowest BCUT2D eigenvalue weighted by Crippen LogP contribution is -2.38. The number of carbonyl (C=O) groups is 2. The zero-order chi connectivity index (χ0) is 20.6. The Morgan fingerprint density at radius 3 is 2.69 bits per heavy atom. The van der Waals surface area contributed by atoms with E-state index >= 15 is 0 Å². The molecule has 1 saturated carbocycles. The van der Waals surface area contributed by atoms with Gasteiger partial charge in [-0.1, -0.05) is 43.2 Å². The van der Waals surface area contributed by atoms with Crippen LogP contribution in [-0.4, -0.2) is 40.2 Å². The number of hydrogen-bond donors (Lipinski definition) is 2. The van der Waals surface area contributed by atoms with Gasteiger partial charge in [-0.3, -0.25) is 14.2 Å². The predicted octanol–water partition coefficient (Wildman–Crippen LogP) is 3.39. The molecule has 156 valence electrons. The van der Waals surface area contributed by atoms with Crippen LogP contribution in [0.2, 0.25) is 0 Å². The molecule has 2 aromatic rings. The fourth-order valence-electron chi connectivity index (χ4n) is 3.64. The third-order valence-electron chi connectivity index (χ3n) is 5.29. The van der Waals surface area contributed by atoms with Gasteiger partial charge in [-0.05, 0) is 43.9 Å². The summed E-state index contributed by atoms with van der Waals surface area (Å²) in [5, 5.41) is 6.61. The maximum absolute atomic E-state index is 12.2. The molecule has 0 radical (unpaired) electrons. The van der Waals surface area contributed by atoms with Gasteiger partial charge >= 0.3 is 0 Å². The van der Waals surface area contributed by atoms with E-state index in [-0.39, 0.29) is 17.7 Å². The maximum Gasteiger partial charge on any atom is 0.230 e.